The Balaban J connectivity index is 2.55. The molecule has 0 aromatic carbocycles. The van der Waals surface area contributed by atoms with Crippen LogP contribution in [0.4, 0.5) is 4.39 Å². The van der Waals surface area contributed by atoms with Crippen molar-refractivity contribution in [2.45, 2.75) is 26.9 Å². The van der Waals surface area contributed by atoms with Crippen molar-refractivity contribution < 1.29 is 4.39 Å². The summed E-state index contributed by atoms with van der Waals surface area (Å²) in [4.78, 5) is 0. The molecule has 1 heterocycles. The summed E-state index contributed by atoms with van der Waals surface area (Å²) in [7, 11) is 0. The highest BCUT2D eigenvalue weighted by atomic mass is 19.1. The number of nitrogens with one attached hydrogen (secondary N) is 1. The van der Waals surface area contributed by atoms with E-state index in [0.29, 0.717) is 6.54 Å². The lowest BCUT2D eigenvalue weighted by Crippen LogP contribution is -2.28. The maximum absolute atomic E-state index is 13.0. The Hall–Kier alpha value is -0.110. The summed E-state index contributed by atoms with van der Waals surface area (Å²) >= 11 is 0. The second kappa shape index (κ2) is 2.50. The smallest absolute Gasteiger partial charge is 0.117 e. The van der Waals surface area contributed by atoms with Crippen LogP contribution >= 0.6 is 0 Å². The summed E-state index contributed by atoms with van der Waals surface area (Å²) in [5.74, 6) is 0.201. The van der Waals surface area contributed by atoms with Gasteiger partial charge >= 0.3 is 0 Å². The molecule has 1 aliphatic rings. The molecule has 0 spiro atoms. The molecule has 0 aliphatic carbocycles. The summed E-state index contributed by atoms with van der Waals surface area (Å²) in [5, 5.41) is 3.05. The number of hydrogen-bond donors (Lipinski definition) is 1. The van der Waals surface area contributed by atoms with Crippen LogP contribution in [0.1, 0.15) is 20.8 Å². The standard InChI is InChI=1S/C8H16FN/c1-8(2,3)6-4-10-5-7(6)9/h6-7,10H,4-5H2,1-3H3/t6?,7-/m1/s1. The second-order valence-corrected chi connectivity index (χ2v) is 4.15. The number of alkyl halides is 1. The molecule has 0 aromatic heterocycles. The van der Waals surface area contributed by atoms with Crippen molar-refractivity contribution >= 4 is 0 Å². The van der Waals surface area contributed by atoms with Gasteiger partial charge < -0.3 is 5.32 Å². The molecule has 1 aliphatic heterocycles. The van der Waals surface area contributed by atoms with Gasteiger partial charge in [0, 0.05) is 19.0 Å². The van der Waals surface area contributed by atoms with Crippen molar-refractivity contribution in [2.24, 2.45) is 11.3 Å². The van der Waals surface area contributed by atoms with Crippen LogP contribution in [0.15, 0.2) is 0 Å². The third kappa shape index (κ3) is 1.48. The summed E-state index contributed by atoms with van der Waals surface area (Å²) in [6.07, 6.45) is -0.639. The van der Waals surface area contributed by atoms with Gasteiger partial charge in [-0.25, -0.2) is 4.39 Å². The summed E-state index contributed by atoms with van der Waals surface area (Å²) in [5.41, 5.74) is 0.114. The molecule has 0 bridgehead atoms. The molecular formula is C8H16FN. The maximum atomic E-state index is 13.0. The largest absolute Gasteiger partial charge is 0.313 e. The zero-order valence-electron chi connectivity index (χ0n) is 6.95. The third-order valence-corrected chi connectivity index (χ3v) is 2.25. The van der Waals surface area contributed by atoms with Crippen molar-refractivity contribution in [3.05, 3.63) is 0 Å². The monoisotopic (exact) mass is 145 g/mol. The fourth-order valence-corrected chi connectivity index (χ4v) is 1.50. The Morgan fingerprint density at radius 3 is 2.10 bits per heavy atom. The van der Waals surface area contributed by atoms with Crippen LogP contribution in [0.3, 0.4) is 0 Å². The molecule has 60 valence electrons. The molecule has 0 aromatic rings. The van der Waals surface area contributed by atoms with E-state index in [4.69, 9.17) is 0 Å². The minimum absolute atomic E-state index is 0.114. The quantitative estimate of drug-likeness (QED) is 0.546. The van der Waals surface area contributed by atoms with Crippen molar-refractivity contribution in [1.82, 2.24) is 5.32 Å². The molecule has 10 heavy (non-hydrogen) atoms. The second-order valence-electron chi connectivity index (χ2n) is 4.15. The van der Waals surface area contributed by atoms with E-state index in [1.165, 1.54) is 0 Å². The van der Waals surface area contributed by atoms with E-state index in [0.717, 1.165) is 6.54 Å². The topological polar surface area (TPSA) is 12.0 Å². The molecule has 0 amide bonds. The maximum Gasteiger partial charge on any atom is 0.117 e. The first kappa shape index (κ1) is 7.99. The Kier molecular flexibility index (Phi) is 1.99. The lowest BCUT2D eigenvalue weighted by Gasteiger charge is -2.27. The summed E-state index contributed by atoms with van der Waals surface area (Å²) < 4.78 is 13.0. The van der Waals surface area contributed by atoms with Gasteiger partial charge in [-0.2, -0.15) is 0 Å². The number of hydrogen-bond acceptors (Lipinski definition) is 1. The van der Waals surface area contributed by atoms with Gasteiger partial charge in [0.05, 0.1) is 0 Å². The highest BCUT2D eigenvalue weighted by Crippen LogP contribution is 2.31. The van der Waals surface area contributed by atoms with Crippen LogP contribution in [0.25, 0.3) is 0 Å². The van der Waals surface area contributed by atoms with Crippen molar-refractivity contribution in [1.29, 1.82) is 0 Å². The molecule has 1 fully saturated rings. The lowest BCUT2D eigenvalue weighted by molar-refractivity contribution is 0.160. The first-order chi connectivity index (χ1) is 4.52. The third-order valence-electron chi connectivity index (χ3n) is 2.25. The van der Waals surface area contributed by atoms with E-state index in [9.17, 15) is 4.39 Å². The van der Waals surface area contributed by atoms with Crippen LogP contribution < -0.4 is 5.32 Å². The van der Waals surface area contributed by atoms with E-state index in [-0.39, 0.29) is 11.3 Å². The first-order valence-corrected chi connectivity index (χ1v) is 3.86. The fourth-order valence-electron chi connectivity index (χ4n) is 1.50. The SMILES string of the molecule is CC(C)(C)C1CNC[C@H]1F. The van der Waals surface area contributed by atoms with Gasteiger partial charge in [-0.05, 0) is 5.41 Å². The summed E-state index contributed by atoms with van der Waals surface area (Å²) in [6, 6.07) is 0. The van der Waals surface area contributed by atoms with Crippen LogP contribution in [0.2, 0.25) is 0 Å². The van der Waals surface area contributed by atoms with E-state index in [1.807, 2.05) is 0 Å². The average Bonchev–Trinajstić information content (AvgIpc) is 2.11. The molecule has 2 atom stereocenters. The van der Waals surface area contributed by atoms with Gasteiger partial charge in [-0.1, -0.05) is 20.8 Å². The predicted molar refractivity (Wildman–Crippen MR) is 40.7 cm³/mol. The van der Waals surface area contributed by atoms with Gasteiger partial charge in [0.25, 0.3) is 0 Å². The van der Waals surface area contributed by atoms with Crippen LogP contribution in [0, 0.1) is 11.3 Å². The van der Waals surface area contributed by atoms with Gasteiger partial charge in [0.15, 0.2) is 0 Å². The zero-order valence-corrected chi connectivity index (χ0v) is 6.95. The van der Waals surface area contributed by atoms with Crippen LogP contribution in [-0.4, -0.2) is 19.3 Å². The molecule has 1 unspecified atom stereocenters. The average molecular weight is 145 g/mol. The van der Waals surface area contributed by atoms with E-state index < -0.39 is 6.17 Å². The Morgan fingerprint density at radius 2 is 1.90 bits per heavy atom. The van der Waals surface area contributed by atoms with E-state index in [2.05, 4.69) is 26.1 Å². The highest BCUT2D eigenvalue weighted by molar-refractivity contribution is 4.88. The molecule has 1 saturated heterocycles. The number of rotatable bonds is 0. The molecule has 0 radical (unpaired) electrons. The molecule has 2 heteroatoms. The predicted octanol–water partition coefficient (Wildman–Crippen LogP) is 1.59. The zero-order chi connectivity index (χ0) is 7.78. The minimum atomic E-state index is -0.639. The van der Waals surface area contributed by atoms with Crippen molar-refractivity contribution in [3.8, 4) is 0 Å². The van der Waals surface area contributed by atoms with E-state index in [1.54, 1.807) is 0 Å². The Labute approximate surface area is 62.0 Å². The fraction of sp³-hybridized carbons (Fsp3) is 1.00. The van der Waals surface area contributed by atoms with Crippen molar-refractivity contribution in [3.63, 3.8) is 0 Å². The summed E-state index contributed by atoms with van der Waals surface area (Å²) in [6.45, 7) is 7.67. The number of halogens is 1. The van der Waals surface area contributed by atoms with Gasteiger partial charge in [0.2, 0.25) is 0 Å². The molecule has 0 saturated carbocycles. The van der Waals surface area contributed by atoms with Crippen molar-refractivity contribution in [2.75, 3.05) is 13.1 Å². The van der Waals surface area contributed by atoms with Gasteiger partial charge in [0.1, 0.15) is 6.17 Å². The van der Waals surface area contributed by atoms with Gasteiger partial charge in [-0.3, -0.25) is 0 Å². The minimum Gasteiger partial charge on any atom is -0.313 e. The Bertz CT molecular complexity index is 117. The molecule has 1 nitrogen and oxygen atoms in total. The first-order valence-electron chi connectivity index (χ1n) is 3.86. The molecular weight excluding hydrogens is 129 g/mol. The molecule has 1 N–H and O–H groups in total. The van der Waals surface area contributed by atoms with E-state index >= 15 is 0 Å². The molecule has 1 rings (SSSR count). The highest BCUT2D eigenvalue weighted by Gasteiger charge is 2.35. The normalized spacial score (nSPS) is 34.8. The van der Waals surface area contributed by atoms with Crippen LogP contribution in [0.5, 0.6) is 0 Å². The Morgan fingerprint density at radius 1 is 1.30 bits per heavy atom. The van der Waals surface area contributed by atoms with Gasteiger partial charge in [-0.15, -0.1) is 0 Å². The van der Waals surface area contributed by atoms with Crippen LogP contribution in [-0.2, 0) is 0 Å². The lowest BCUT2D eigenvalue weighted by atomic mass is 9.79.